The fourth-order valence-corrected chi connectivity index (χ4v) is 4.20. The van der Waals surface area contributed by atoms with Gasteiger partial charge in [0.15, 0.2) is 5.82 Å². The van der Waals surface area contributed by atoms with Crippen molar-refractivity contribution in [2.75, 3.05) is 0 Å². The van der Waals surface area contributed by atoms with E-state index in [-0.39, 0.29) is 12.0 Å². The number of carbonyl (C=O) groups excluding carboxylic acids is 2. The summed E-state index contributed by atoms with van der Waals surface area (Å²) in [6, 6.07) is 20.7. The third-order valence-electron chi connectivity index (χ3n) is 5.91. The number of nitrogens with two attached hydrogens (primary N) is 1. The van der Waals surface area contributed by atoms with E-state index in [0.29, 0.717) is 10.8 Å². The molecule has 0 radical (unpaired) electrons. The minimum absolute atomic E-state index is 0.170. The molecule has 5 rings (SSSR count). The van der Waals surface area contributed by atoms with E-state index in [9.17, 15) is 9.59 Å². The van der Waals surface area contributed by atoms with Gasteiger partial charge in [-0.3, -0.25) is 9.59 Å². The monoisotopic (exact) mass is 515 g/mol. The first kappa shape index (κ1) is 24.1. The van der Waals surface area contributed by atoms with E-state index in [1.165, 1.54) is 17.2 Å². The number of primary amides is 1. The summed E-state index contributed by atoms with van der Waals surface area (Å²) in [5.74, 6) is -3.02. The lowest BCUT2D eigenvalue weighted by molar-refractivity contribution is -0.182. The highest BCUT2D eigenvalue weighted by atomic mass is 35.5. The lowest BCUT2D eigenvalue weighted by atomic mass is 9.97. The third kappa shape index (κ3) is 4.89. The van der Waals surface area contributed by atoms with Crippen LogP contribution in [0.1, 0.15) is 15.9 Å². The van der Waals surface area contributed by atoms with Crippen molar-refractivity contribution in [3.05, 3.63) is 114 Å². The molecule has 1 unspecified atom stereocenters. The van der Waals surface area contributed by atoms with Crippen molar-refractivity contribution in [2.45, 2.75) is 18.2 Å². The van der Waals surface area contributed by atoms with Gasteiger partial charge in [-0.15, -0.1) is 0 Å². The number of carbonyl (C=O) groups is 2. The molecule has 2 aromatic carbocycles. The number of rotatable bonds is 8. The zero-order chi connectivity index (χ0) is 25.8. The minimum atomic E-state index is -1.93. The van der Waals surface area contributed by atoms with E-state index in [4.69, 9.17) is 26.8 Å². The van der Waals surface area contributed by atoms with Gasteiger partial charge in [0.2, 0.25) is 0 Å². The number of hydrogen-bond donors (Lipinski definition) is 2. The van der Waals surface area contributed by atoms with Crippen molar-refractivity contribution in [1.29, 1.82) is 0 Å². The van der Waals surface area contributed by atoms with Crippen LogP contribution >= 0.6 is 11.6 Å². The van der Waals surface area contributed by atoms with Crippen molar-refractivity contribution in [2.24, 2.45) is 5.73 Å². The average Bonchev–Trinajstić information content (AvgIpc) is 3.61. The topological polar surface area (TPSA) is 121 Å². The van der Waals surface area contributed by atoms with Gasteiger partial charge in [0.05, 0.1) is 11.3 Å². The molecule has 37 heavy (non-hydrogen) atoms. The van der Waals surface area contributed by atoms with E-state index < -0.39 is 23.6 Å². The van der Waals surface area contributed by atoms with Gasteiger partial charge in [-0.2, -0.15) is 5.10 Å². The Morgan fingerprint density at radius 1 is 1.00 bits per heavy atom. The van der Waals surface area contributed by atoms with Gasteiger partial charge < -0.3 is 20.5 Å². The summed E-state index contributed by atoms with van der Waals surface area (Å²) in [6.07, 6.45) is 5.90. The van der Waals surface area contributed by atoms with Gasteiger partial charge in [-0.1, -0.05) is 54.1 Å². The van der Waals surface area contributed by atoms with E-state index in [1.54, 1.807) is 48.8 Å². The molecule has 0 saturated heterocycles. The highest BCUT2D eigenvalue weighted by molar-refractivity contribution is 6.30. The van der Waals surface area contributed by atoms with Gasteiger partial charge in [0.25, 0.3) is 5.91 Å². The van der Waals surface area contributed by atoms with E-state index in [0.717, 1.165) is 16.8 Å². The molecule has 1 atom stereocenters. The van der Waals surface area contributed by atoms with Crippen LogP contribution in [-0.2, 0) is 20.7 Å². The maximum Gasteiger partial charge on any atom is 0.352 e. The van der Waals surface area contributed by atoms with Gasteiger partial charge in [-0.05, 0) is 35.9 Å². The van der Waals surface area contributed by atoms with Crippen LogP contribution in [0.2, 0.25) is 5.02 Å². The van der Waals surface area contributed by atoms with Crippen molar-refractivity contribution < 1.29 is 19.1 Å². The first-order valence-corrected chi connectivity index (χ1v) is 11.8. The molecule has 9 nitrogen and oxygen atoms in total. The number of aromatic nitrogens is 3. The molecule has 0 aliphatic carbocycles. The molecule has 0 bridgehead atoms. The molecule has 10 heteroatoms. The minimum Gasteiger partial charge on any atom is -0.447 e. The second-order valence-corrected chi connectivity index (χ2v) is 8.72. The summed E-state index contributed by atoms with van der Waals surface area (Å²) in [7, 11) is 0. The van der Waals surface area contributed by atoms with Crippen molar-refractivity contribution in [3.63, 3.8) is 0 Å². The lowest BCUT2D eigenvalue weighted by Gasteiger charge is -2.33. The molecule has 1 aliphatic rings. The van der Waals surface area contributed by atoms with Crippen LogP contribution < -0.4 is 11.1 Å². The van der Waals surface area contributed by atoms with Crippen LogP contribution in [0.4, 0.5) is 0 Å². The number of nitrogens with one attached hydrogen (secondary N) is 1. The fraction of sp³-hybridized carbons (Fsp3) is 0.111. The predicted molar refractivity (Wildman–Crippen MR) is 136 cm³/mol. The van der Waals surface area contributed by atoms with Crippen molar-refractivity contribution in [1.82, 2.24) is 20.1 Å². The molecule has 0 fully saturated rings. The Labute approximate surface area is 217 Å². The van der Waals surface area contributed by atoms with Gasteiger partial charge in [0, 0.05) is 29.4 Å². The summed E-state index contributed by atoms with van der Waals surface area (Å²) < 4.78 is 12.6. The first-order valence-electron chi connectivity index (χ1n) is 11.4. The molecule has 3 heterocycles. The van der Waals surface area contributed by atoms with Gasteiger partial charge in [0.1, 0.15) is 18.6 Å². The van der Waals surface area contributed by atoms with Crippen LogP contribution in [0.3, 0.4) is 0 Å². The molecular weight excluding hydrogens is 494 g/mol. The van der Waals surface area contributed by atoms with Crippen LogP contribution in [0, 0.1) is 0 Å². The smallest absolute Gasteiger partial charge is 0.352 e. The Morgan fingerprint density at radius 2 is 1.73 bits per heavy atom. The van der Waals surface area contributed by atoms with E-state index >= 15 is 0 Å². The van der Waals surface area contributed by atoms with Gasteiger partial charge >= 0.3 is 11.7 Å². The predicted octanol–water partition coefficient (Wildman–Crippen LogP) is 3.63. The number of halogens is 1. The molecular formula is C27H22ClN5O4. The Hall–Kier alpha value is -4.63. The van der Waals surface area contributed by atoms with Crippen molar-refractivity contribution >= 4 is 23.4 Å². The Balaban J connectivity index is 1.46. The number of benzene rings is 2. The SMILES string of the molecule is NC(=O)C1(C(Cc2ccc(Cl)cc2)NC(=O)c2cccnc2-n2ccc(-c3ccccc3)n2)OC=CO1. The summed E-state index contributed by atoms with van der Waals surface area (Å²) in [4.78, 5) is 30.5. The maximum absolute atomic E-state index is 13.6. The third-order valence-corrected chi connectivity index (χ3v) is 6.16. The van der Waals surface area contributed by atoms with Crippen LogP contribution in [0.15, 0.2) is 97.7 Å². The standard InChI is InChI=1S/C27H22ClN5O4/c28-20-10-8-18(9-11-20)17-23(27(26(29)35)36-15-16-37-27)31-25(34)21-7-4-13-30-24(21)33-14-12-22(32-33)19-5-2-1-3-6-19/h1-16,23H,17H2,(H2,29,35)(H,31,34). The van der Waals surface area contributed by atoms with Crippen molar-refractivity contribution in [3.8, 4) is 17.1 Å². The molecule has 0 spiro atoms. The largest absolute Gasteiger partial charge is 0.447 e. The normalized spacial score (nSPS) is 14.4. The first-order chi connectivity index (χ1) is 18.0. The Morgan fingerprint density at radius 3 is 2.43 bits per heavy atom. The van der Waals surface area contributed by atoms with Crippen LogP contribution in [0.25, 0.3) is 17.1 Å². The molecule has 2 aromatic heterocycles. The Bertz CT molecular complexity index is 1450. The molecule has 2 amide bonds. The number of ether oxygens (including phenoxy) is 2. The zero-order valence-corrected chi connectivity index (χ0v) is 20.2. The number of amides is 2. The Kier molecular flexibility index (Phi) is 6.61. The summed E-state index contributed by atoms with van der Waals surface area (Å²) in [5.41, 5.74) is 8.34. The molecule has 1 aliphatic heterocycles. The van der Waals surface area contributed by atoms with E-state index in [1.807, 2.05) is 36.4 Å². The second-order valence-electron chi connectivity index (χ2n) is 8.28. The molecule has 0 saturated carbocycles. The highest BCUT2D eigenvalue weighted by Crippen LogP contribution is 2.28. The van der Waals surface area contributed by atoms with Crippen LogP contribution in [-0.4, -0.2) is 38.4 Å². The van der Waals surface area contributed by atoms with Gasteiger partial charge in [-0.25, -0.2) is 9.67 Å². The summed E-state index contributed by atoms with van der Waals surface area (Å²) in [5, 5.41) is 8.02. The second kappa shape index (κ2) is 10.2. The fourth-order valence-electron chi connectivity index (χ4n) is 4.07. The summed E-state index contributed by atoms with van der Waals surface area (Å²) in [6.45, 7) is 0. The van der Waals surface area contributed by atoms with Crippen LogP contribution in [0.5, 0.6) is 0 Å². The maximum atomic E-state index is 13.6. The quantitative estimate of drug-likeness (QED) is 0.369. The lowest BCUT2D eigenvalue weighted by Crippen LogP contribution is -2.61. The molecule has 4 aromatic rings. The zero-order valence-electron chi connectivity index (χ0n) is 19.5. The molecule has 186 valence electrons. The highest BCUT2D eigenvalue weighted by Gasteiger charge is 2.51. The number of nitrogens with zero attached hydrogens (tertiary/aromatic N) is 3. The summed E-state index contributed by atoms with van der Waals surface area (Å²) >= 11 is 6.02. The average molecular weight is 516 g/mol. The molecule has 3 N–H and O–H groups in total. The number of pyridine rings is 1. The number of hydrogen-bond acceptors (Lipinski definition) is 6. The van der Waals surface area contributed by atoms with E-state index in [2.05, 4.69) is 15.4 Å².